The summed E-state index contributed by atoms with van der Waals surface area (Å²) in [7, 11) is -0.758. The molecule has 0 radical (unpaired) electrons. The normalized spacial score (nSPS) is 12.0. The van der Waals surface area contributed by atoms with Gasteiger partial charge in [0.15, 0.2) is 0 Å². The van der Waals surface area contributed by atoms with Crippen molar-refractivity contribution in [3.05, 3.63) is 0 Å². The van der Waals surface area contributed by atoms with Gasteiger partial charge in [-0.2, -0.15) is 0 Å². The maximum absolute atomic E-state index is 2.58. The predicted octanol–water partition coefficient (Wildman–Crippen LogP) is 5.08. The fourth-order valence-electron chi connectivity index (χ4n) is 1.76. The van der Waals surface area contributed by atoms with Crippen molar-refractivity contribution in [2.45, 2.75) is 77.6 Å². The molecular formula is C12H28Si. The maximum Gasteiger partial charge on any atom is 0.0499 e. The Morgan fingerprint density at radius 1 is 0.769 bits per heavy atom. The van der Waals surface area contributed by atoms with E-state index < -0.39 is 8.07 Å². The van der Waals surface area contributed by atoms with Crippen molar-refractivity contribution in [3.8, 4) is 0 Å². The molecule has 13 heavy (non-hydrogen) atoms. The lowest BCUT2D eigenvalue weighted by Crippen LogP contribution is -2.26. The van der Waals surface area contributed by atoms with Gasteiger partial charge in [-0.3, -0.25) is 0 Å². The summed E-state index contributed by atoms with van der Waals surface area (Å²) in [6, 6.07) is 4.54. The van der Waals surface area contributed by atoms with Crippen molar-refractivity contribution in [2.75, 3.05) is 0 Å². The third kappa shape index (κ3) is 6.31. The van der Waals surface area contributed by atoms with Crippen LogP contribution in [0.4, 0.5) is 0 Å². The van der Waals surface area contributed by atoms with Crippen molar-refractivity contribution in [1.29, 1.82) is 0 Å². The number of unbranched alkanes of at least 4 members (excludes halogenated alkanes) is 4. The Morgan fingerprint density at radius 3 is 1.77 bits per heavy atom. The van der Waals surface area contributed by atoms with Gasteiger partial charge in [0.2, 0.25) is 0 Å². The molecule has 80 valence electrons. The first kappa shape index (κ1) is 13.2. The summed E-state index contributed by atoms with van der Waals surface area (Å²) in [6.07, 6.45) is 7.27. The predicted molar refractivity (Wildman–Crippen MR) is 66.1 cm³/mol. The molecule has 0 fully saturated rings. The van der Waals surface area contributed by atoms with Crippen LogP contribution in [0.3, 0.4) is 0 Å². The van der Waals surface area contributed by atoms with E-state index in [1.165, 1.54) is 44.2 Å². The number of hydrogen-bond acceptors (Lipinski definition) is 0. The summed E-state index contributed by atoms with van der Waals surface area (Å²) in [6.45, 7) is 9.65. The summed E-state index contributed by atoms with van der Waals surface area (Å²) in [5.74, 6) is 0. The molecule has 0 bridgehead atoms. The fraction of sp³-hybridized carbons (Fsp3) is 1.00. The van der Waals surface area contributed by atoms with E-state index in [0.717, 1.165) is 0 Å². The zero-order chi connectivity index (χ0) is 10.2. The molecule has 0 saturated carbocycles. The first-order valence-corrected chi connectivity index (χ1v) is 9.30. The topological polar surface area (TPSA) is 0 Å². The Hall–Kier alpha value is 0.217. The summed E-state index contributed by atoms with van der Waals surface area (Å²) in [5.41, 5.74) is 0. The molecule has 1 heteroatoms. The third-order valence-electron chi connectivity index (χ3n) is 3.59. The molecule has 0 aliphatic carbocycles. The Kier molecular flexibility index (Phi) is 7.73. The van der Waals surface area contributed by atoms with Crippen molar-refractivity contribution in [3.63, 3.8) is 0 Å². The third-order valence-corrected chi connectivity index (χ3v) is 8.57. The van der Waals surface area contributed by atoms with Crippen molar-refractivity contribution in [2.24, 2.45) is 0 Å². The number of rotatable bonds is 8. The molecular weight excluding hydrogens is 172 g/mol. The lowest BCUT2D eigenvalue weighted by Gasteiger charge is -2.23. The van der Waals surface area contributed by atoms with Gasteiger partial charge >= 0.3 is 0 Å². The monoisotopic (exact) mass is 200 g/mol. The summed E-state index contributed by atoms with van der Waals surface area (Å²) >= 11 is 0. The largest absolute Gasteiger partial charge is 0.0692 e. The van der Waals surface area contributed by atoms with Crippen LogP contribution in [0.2, 0.25) is 24.7 Å². The van der Waals surface area contributed by atoms with Gasteiger partial charge in [0, 0.05) is 8.07 Å². The van der Waals surface area contributed by atoms with Crippen LogP contribution in [0, 0.1) is 0 Å². The van der Waals surface area contributed by atoms with E-state index in [2.05, 4.69) is 27.3 Å². The van der Waals surface area contributed by atoms with Gasteiger partial charge in [0.1, 0.15) is 0 Å². The summed E-state index contributed by atoms with van der Waals surface area (Å²) < 4.78 is 0. The molecule has 0 heterocycles. The minimum Gasteiger partial charge on any atom is -0.0692 e. The Balaban J connectivity index is 3.39. The highest BCUT2D eigenvalue weighted by Gasteiger charge is 2.20. The standard InChI is InChI=1S/C12H28Si/c1-5-8-9-10-11-12-13(4,6-2)7-3/h5-12H2,1-4H3. The zero-order valence-corrected chi connectivity index (χ0v) is 11.2. The van der Waals surface area contributed by atoms with E-state index in [4.69, 9.17) is 0 Å². The van der Waals surface area contributed by atoms with E-state index in [-0.39, 0.29) is 0 Å². The molecule has 0 atom stereocenters. The van der Waals surface area contributed by atoms with Gasteiger partial charge in [0.25, 0.3) is 0 Å². The van der Waals surface area contributed by atoms with Crippen LogP contribution < -0.4 is 0 Å². The van der Waals surface area contributed by atoms with E-state index in [1.54, 1.807) is 6.04 Å². The lowest BCUT2D eigenvalue weighted by atomic mass is 10.2. The van der Waals surface area contributed by atoms with Crippen LogP contribution in [0.1, 0.15) is 52.9 Å². The molecule has 0 aliphatic rings. The van der Waals surface area contributed by atoms with Gasteiger partial charge in [-0.05, 0) is 0 Å². The maximum atomic E-state index is 2.58. The first-order valence-electron chi connectivity index (χ1n) is 6.18. The minimum atomic E-state index is -0.758. The van der Waals surface area contributed by atoms with E-state index in [9.17, 15) is 0 Å². The molecule has 0 unspecified atom stereocenters. The molecule has 0 aromatic carbocycles. The quantitative estimate of drug-likeness (QED) is 0.379. The lowest BCUT2D eigenvalue weighted by molar-refractivity contribution is 0.652. The van der Waals surface area contributed by atoms with Crippen LogP contribution in [-0.2, 0) is 0 Å². The number of hydrogen-bond donors (Lipinski definition) is 0. The molecule has 0 saturated heterocycles. The Bertz CT molecular complexity index is 106. The van der Waals surface area contributed by atoms with Crippen molar-refractivity contribution >= 4 is 8.07 Å². The first-order chi connectivity index (χ1) is 6.18. The van der Waals surface area contributed by atoms with Crippen LogP contribution in [0.15, 0.2) is 0 Å². The highest BCUT2D eigenvalue weighted by Crippen LogP contribution is 2.23. The van der Waals surface area contributed by atoms with E-state index in [0.29, 0.717) is 0 Å². The molecule has 0 rings (SSSR count). The van der Waals surface area contributed by atoms with Crippen molar-refractivity contribution in [1.82, 2.24) is 0 Å². The van der Waals surface area contributed by atoms with Crippen molar-refractivity contribution < 1.29 is 0 Å². The Morgan fingerprint density at radius 2 is 1.31 bits per heavy atom. The van der Waals surface area contributed by atoms with Gasteiger partial charge in [0.05, 0.1) is 0 Å². The molecule has 0 aromatic heterocycles. The molecule has 0 nitrogen and oxygen atoms in total. The average Bonchev–Trinajstić information content (AvgIpc) is 2.17. The average molecular weight is 200 g/mol. The van der Waals surface area contributed by atoms with Gasteiger partial charge in [-0.15, -0.1) is 0 Å². The van der Waals surface area contributed by atoms with Crippen LogP contribution in [0.25, 0.3) is 0 Å². The highest BCUT2D eigenvalue weighted by atomic mass is 28.3. The molecule has 0 spiro atoms. The molecule has 0 N–H and O–H groups in total. The van der Waals surface area contributed by atoms with Gasteiger partial charge < -0.3 is 0 Å². The minimum absolute atomic E-state index is 0.758. The van der Waals surface area contributed by atoms with Crippen LogP contribution in [-0.4, -0.2) is 8.07 Å². The van der Waals surface area contributed by atoms with Crippen LogP contribution in [0.5, 0.6) is 0 Å². The Labute approximate surface area is 86.1 Å². The van der Waals surface area contributed by atoms with Gasteiger partial charge in [-0.1, -0.05) is 77.6 Å². The molecule has 0 aromatic rings. The van der Waals surface area contributed by atoms with Gasteiger partial charge in [-0.25, -0.2) is 0 Å². The SMILES string of the molecule is CCCCCCC[Si](C)(CC)CC. The highest BCUT2D eigenvalue weighted by molar-refractivity contribution is 6.78. The second-order valence-corrected chi connectivity index (χ2v) is 10.2. The van der Waals surface area contributed by atoms with E-state index >= 15 is 0 Å². The van der Waals surface area contributed by atoms with E-state index in [1.807, 2.05) is 0 Å². The second-order valence-electron chi connectivity index (χ2n) is 4.68. The summed E-state index contributed by atoms with van der Waals surface area (Å²) in [5, 5.41) is 0. The fourth-order valence-corrected chi connectivity index (χ4v) is 4.07. The molecule has 0 aliphatic heterocycles. The molecule has 0 amide bonds. The summed E-state index contributed by atoms with van der Waals surface area (Å²) in [4.78, 5) is 0. The smallest absolute Gasteiger partial charge is 0.0499 e. The zero-order valence-electron chi connectivity index (χ0n) is 10.2. The van der Waals surface area contributed by atoms with Crippen LogP contribution >= 0.6 is 0 Å². The second kappa shape index (κ2) is 7.60.